The normalized spacial score (nSPS) is 25.8. The Balaban J connectivity index is 1.93. The Morgan fingerprint density at radius 2 is 1.70 bits per heavy atom. The van der Waals surface area contributed by atoms with Gasteiger partial charge < -0.3 is 9.84 Å². The Hall–Kier alpha value is -1.29. The number of hydrogen-bond donors (Lipinski definition) is 1. The van der Waals surface area contributed by atoms with Gasteiger partial charge in [0.15, 0.2) is 0 Å². The standard InChI is InChI=1S/C17H18O2S/c18-12-16-13-20-17(19-16,15-9-5-2-6-10-15)11-14-7-3-1-4-8-14/h1-10,16,18H,11-13H2/t16-,17+/m0/s1. The van der Waals surface area contributed by atoms with E-state index in [4.69, 9.17) is 4.74 Å². The lowest BCUT2D eigenvalue weighted by molar-refractivity contribution is -0.0344. The summed E-state index contributed by atoms with van der Waals surface area (Å²) in [5.41, 5.74) is 2.42. The highest BCUT2D eigenvalue weighted by Gasteiger charge is 2.42. The predicted octanol–water partition coefficient (Wildman–Crippen LogP) is 3.21. The molecule has 2 aromatic rings. The van der Waals surface area contributed by atoms with Crippen LogP contribution in [0.5, 0.6) is 0 Å². The van der Waals surface area contributed by atoms with Gasteiger partial charge in [0, 0.05) is 12.2 Å². The molecular weight excluding hydrogens is 268 g/mol. The largest absolute Gasteiger partial charge is 0.394 e. The number of ether oxygens (including phenoxy) is 1. The second-order valence-electron chi connectivity index (χ2n) is 5.01. The van der Waals surface area contributed by atoms with Crippen LogP contribution in [-0.4, -0.2) is 23.6 Å². The van der Waals surface area contributed by atoms with E-state index in [0.29, 0.717) is 0 Å². The molecule has 0 amide bonds. The maximum Gasteiger partial charge on any atom is 0.143 e. The summed E-state index contributed by atoms with van der Waals surface area (Å²) in [6, 6.07) is 20.7. The van der Waals surface area contributed by atoms with E-state index in [0.717, 1.165) is 12.2 Å². The summed E-state index contributed by atoms with van der Waals surface area (Å²) >= 11 is 1.79. The van der Waals surface area contributed by atoms with Gasteiger partial charge in [-0.25, -0.2) is 0 Å². The van der Waals surface area contributed by atoms with E-state index in [-0.39, 0.29) is 17.6 Å². The Bertz CT molecular complexity index is 543. The molecule has 3 heteroatoms. The Morgan fingerprint density at radius 1 is 1.05 bits per heavy atom. The number of rotatable bonds is 4. The molecule has 0 bridgehead atoms. The number of thioether (sulfide) groups is 1. The summed E-state index contributed by atoms with van der Waals surface area (Å²) < 4.78 is 6.20. The first-order valence-corrected chi connectivity index (χ1v) is 7.83. The lowest BCUT2D eigenvalue weighted by Crippen LogP contribution is -2.28. The molecule has 2 aromatic carbocycles. The maximum absolute atomic E-state index is 9.37. The number of aliphatic hydroxyl groups is 1. The topological polar surface area (TPSA) is 29.5 Å². The van der Waals surface area contributed by atoms with Crippen molar-refractivity contribution in [3.05, 3.63) is 71.8 Å². The molecule has 0 saturated carbocycles. The van der Waals surface area contributed by atoms with E-state index < -0.39 is 0 Å². The molecule has 0 aliphatic carbocycles. The van der Waals surface area contributed by atoms with Crippen molar-refractivity contribution in [3.8, 4) is 0 Å². The van der Waals surface area contributed by atoms with E-state index in [1.807, 2.05) is 24.3 Å². The first kappa shape index (κ1) is 13.7. The van der Waals surface area contributed by atoms with E-state index in [1.54, 1.807) is 11.8 Å². The van der Waals surface area contributed by atoms with Gasteiger partial charge in [0.05, 0.1) is 12.7 Å². The summed E-state index contributed by atoms with van der Waals surface area (Å²) in [4.78, 5) is -0.379. The third-order valence-electron chi connectivity index (χ3n) is 3.56. The highest BCUT2D eigenvalue weighted by molar-refractivity contribution is 8.00. The van der Waals surface area contributed by atoms with Crippen LogP contribution in [-0.2, 0) is 16.1 Å². The van der Waals surface area contributed by atoms with Crippen molar-refractivity contribution >= 4 is 11.8 Å². The van der Waals surface area contributed by atoms with Crippen molar-refractivity contribution in [2.24, 2.45) is 0 Å². The molecule has 104 valence electrons. The number of aliphatic hydroxyl groups excluding tert-OH is 1. The maximum atomic E-state index is 9.37. The smallest absolute Gasteiger partial charge is 0.143 e. The van der Waals surface area contributed by atoms with Crippen LogP contribution in [0.1, 0.15) is 11.1 Å². The first-order valence-electron chi connectivity index (χ1n) is 6.84. The summed E-state index contributed by atoms with van der Waals surface area (Å²) in [6.07, 6.45) is 0.739. The lowest BCUT2D eigenvalue weighted by Gasteiger charge is -2.29. The molecule has 0 spiro atoms. The quantitative estimate of drug-likeness (QED) is 0.936. The monoisotopic (exact) mass is 286 g/mol. The van der Waals surface area contributed by atoms with Crippen LogP contribution in [0.25, 0.3) is 0 Å². The minimum absolute atomic E-state index is 0.0797. The zero-order chi connectivity index (χ0) is 13.8. The van der Waals surface area contributed by atoms with E-state index in [9.17, 15) is 5.11 Å². The van der Waals surface area contributed by atoms with Crippen molar-refractivity contribution in [1.82, 2.24) is 0 Å². The summed E-state index contributed by atoms with van der Waals surface area (Å²) in [7, 11) is 0. The zero-order valence-corrected chi connectivity index (χ0v) is 12.1. The van der Waals surface area contributed by atoms with Crippen LogP contribution in [0.4, 0.5) is 0 Å². The second kappa shape index (κ2) is 6.00. The van der Waals surface area contributed by atoms with Crippen molar-refractivity contribution in [3.63, 3.8) is 0 Å². The van der Waals surface area contributed by atoms with Crippen molar-refractivity contribution in [2.45, 2.75) is 17.5 Å². The third kappa shape index (κ3) is 2.75. The highest BCUT2D eigenvalue weighted by atomic mass is 32.2. The molecule has 1 N–H and O–H groups in total. The second-order valence-corrected chi connectivity index (χ2v) is 6.30. The third-order valence-corrected chi connectivity index (χ3v) is 5.04. The van der Waals surface area contributed by atoms with Gasteiger partial charge in [0.1, 0.15) is 4.93 Å². The van der Waals surface area contributed by atoms with Gasteiger partial charge in [-0.05, 0) is 11.1 Å². The van der Waals surface area contributed by atoms with Gasteiger partial charge in [-0.1, -0.05) is 60.7 Å². The molecule has 20 heavy (non-hydrogen) atoms. The first-order chi connectivity index (χ1) is 9.82. The molecule has 1 heterocycles. The minimum Gasteiger partial charge on any atom is -0.394 e. The van der Waals surface area contributed by atoms with Gasteiger partial charge in [-0.2, -0.15) is 0 Å². The predicted molar refractivity (Wildman–Crippen MR) is 82.7 cm³/mol. The summed E-state index contributed by atoms with van der Waals surface area (Å²) in [5, 5.41) is 9.37. The molecule has 3 rings (SSSR count). The average molecular weight is 286 g/mol. The minimum atomic E-state index is -0.379. The summed E-state index contributed by atoms with van der Waals surface area (Å²) in [6.45, 7) is 0.0797. The molecule has 1 fully saturated rings. The van der Waals surface area contributed by atoms with Gasteiger partial charge in [-0.15, -0.1) is 11.8 Å². The molecule has 2 atom stereocenters. The molecule has 1 saturated heterocycles. The van der Waals surface area contributed by atoms with Crippen LogP contribution in [0.2, 0.25) is 0 Å². The SMILES string of the molecule is OC[C@H]1CS[C@](Cc2ccccc2)(c2ccccc2)O1. The fraction of sp³-hybridized carbons (Fsp3) is 0.294. The van der Waals surface area contributed by atoms with Gasteiger partial charge in [0.2, 0.25) is 0 Å². The van der Waals surface area contributed by atoms with Crippen LogP contribution in [0.3, 0.4) is 0 Å². The van der Waals surface area contributed by atoms with Crippen molar-refractivity contribution in [1.29, 1.82) is 0 Å². The Morgan fingerprint density at radius 3 is 2.30 bits per heavy atom. The van der Waals surface area contributed by atoms with Gasteiger partial charge in [0.25, 0.3) is 0 Å². The van der Waals surface area contributed by atoms with E-state index in [1.165, 1.54) is 11.1 Å². The van der Waals surface area contributed by atoms with Crippen LogP contribution in [0, 0.1) is 0 Å². The fourth-order valence-electron chi connectivity index (χ4n) is 2.56. The Labute approximate surface area is 123 Å². The molecular formula is C17H18O2S. The highest BCUT2D eigenvalue weighted by Crippen LogP contribution is 2.47. The molecule has 0 radical (unpaired) electrons. The number of hydrogen-bond acceptors (Lipinski definition) is 3. The van der Waals surface area contributed by atoms with Crippen molar-refractivity contribution < 1.29 is 9.84 Å². The zero-order valence-electron chi connectivity index (χ0n) is 11.2. The number of benzene rings is 2. The van der Waals surface area contributed by atoms with E-state index >= 15 is 0 Å². The molecule has 1 aliphatic rings. The molecule has 1 aliphatic heterocycles. The average Bonchev–Trinajstić information content (AvgIpc) is 2.94. The van der Waals surface area contributed by atoms with Gasteiger partial charge >= 0.3 is 0 Å². The van der Waals surface area contributed by atoms with Crippen molar-refractivity contribution in [2.75, 3.05) is 12.4 Å². The lowest BCUT2D eigenvalue weighted by atomic mass is 10.0. The summed E-state index contributed by atoms with van der Waals surface area (Å²) in [5.74, 6) is 0.832. The van der Waals surface area contributed by atoms with Crippen LogP contribution in [0.15, 0.2) is 60.7 Å². The van der Waals surface area contributed by atoms with Gasteiger partial charge in [-0.3, -0.25) is 0 Å². The molecule has 2 nitrogen and oxygen atoms in total. The van der Waals surface area contributed by atoms with Crippen LogP contribution >= 0.6 is 11.8 Å². The molecule has 0 unspecified atom stereocenters. The van der Waals surface area contributed by atoms with E-state index in [2.05, 4.69) is 36.4 Å². The Kier molecular flexibility index (Phi) is 4.10. The van der Waals surface area contributed by atoms with Crippen LogP contribution < -0.4 is 0 Å². The fourth-order valence-corrected chi connectivity index (χ4v) is 3.96. The molecule has 0 aromatic heterocycles.